The van der Waals surface area contributed by atoms with E-state index in [2.05, 4.69) is 22.5 Å². The molecule has 2 aromatic heterocycles. The van der Waals surface area contributed by atoms with Crippen LogP contribution in [-0.4, -0.2) is 33.5 Å². The first-order valence-electron chi connectivity index (χ1n) is 9.69. The van der Waals surface area contributed by atoms with Gasteiger partial charge >= 0.3 is 0 Å². The molecule has 150 valence electrons. The number of anilines is 1. The van der Waals surface area contributed by atoms with E-state index in [4.69, 9.17) is 0 Å². The summed E-state index contributed by atoms with van der Waals surface area (Å²) in [6.45, 7) is 4.13. The smallest absolute Gasteiger partial charge is 0.287 e. The summed E-state index contributed by atoms with van der Waals surface area (Å²) in [6.07, 6.45) is 4.70. The molecule has 1 aromatic carbocycles. The van der Waals surface area contributed by atoms with Gasteiger partial charge in [-0.3, -0.25) is 18.8 Å². The van der Waals surface area contributed by atoms with Gasteiger partial charge in [0.25, 0.3) is 11.8 Å². The van der Waals surface area contributed by atoms with Gasteiger partial charge in [-0.15, -0.1) is 0 Å². The molecule has 3 rings (SSSR count). The van der Waals surface area contributed by atoms with Gasteiger partial charge in [0.2, 0.25) is 5.82 Å². The van der Waals surface area contributed by atoms with Crippen LogP contribution < -0.4 is 10.6 Å². The molecule has 29 heavy (non-hydrogen) atoms. The topological polar surface area (TPSA) is 92.6 Å². The third kappa shape index (κ3) is 4.68. The number of aromatic nitrogens is 2. The maximum absolute atomic E-state index is 12.8. The Morgan fingerprint density at radius 3 is 2.62 bits per heavy atom. The number of hydrogen-bond donors (Lipinski definition) is 2. The van der Waals surface area contributed by atoms with Gasteiger partial charge in [0.05, 0.1) is 5.52 Å². The first-order valence-corrected chi connectivity index (χ1v) is 9.69. The molecule has 0 radical (unpaired) electrons. The summed E-state index contributed by atoms with van der Waals surface area (Å²) in [5.74, 6) is -0.685. The van der Waals surface area contributed by atoms with Crippen LogP contribution in [0.15, 0.2) is 48.7 Å². The summed E-state index contributed by atoms with van der Waals surface area (Å²) >= 11 is 0. The van der Waals surface area contributed by atoms with Crippen molar-refractivity contribution in [1.82, 2.24) is 14.7 Å². The highest BCUT2D eigenvalue weighted by Gasteiger charge is 2.21. The predicted molar refractivity (Wildman–Crippen MR) is 111 cm³/mol. The van der Waals surface area contributed by atoms with E-state index in [9.17, 15) is 14.4 Å². The maximum Gasteiger partial charge on any atom is 0.287 e. The highest BCUT2D eigenvalue weighted by Crippen LogP contribution is 2.17. The number of pyridine rings is 1. The van der Waals surface area contributed by atoms with Crippen LogP contribution in [0.3, 0.4) is 0 Å². The summed E-state index contributed by atoms with van der Waals surface area (Å²) in [5.41, 5.74) is 1.68. The quantitative estimate of drug-likeness (QED) is 0.451. The Hall–Kier alpha value is -3.48. The zero-order chi connectivity index (χ0) is 20.8. The van der Waals surface area contributed by atoms with Crippen molar-refractivity contribution < 1.29 is 14.4 Å². The second-order valence-electron chi connectivity index (χ2n) is 6.79. The Morgan fingerprint density at radius 2 is 1.86 bits per heavy atom. The average Bonchev–Trinajstić information content (AvgIpc) is 3.11. The normalized spacial score (nSPS) is 10.7. The molecule has 7 heteroatoms. The molecule has 0 fully saturated rings. The molecule has 0 bridgehead atoms. The van der Waals surface area contributed by atoms with Gasteiger partial charge in [-0.05, 0) is 37.6 Å². The van der Waals surface area contributed by atoms with Gasteiger partial charge in [0.1, 0.15) is 0 Å². The molecule has 0 aliphatic heterocycles. The summed E-state index contributed by atoms with van der Waals surface area (Å²) in [7, 11) is 0. The zero-order valence-electron chi connectivity index (χ0n) is 16.6. The number of carbonyl (C=O) groups is 3. The van der Waals surface area contributed by atoms with Gasteiger partial charge < -0.3 is 10.6 Å². The molecule has 7 nitrogen and oxygen atoms in total. The minimum absolute atomic E-state index is 0.0874. The molecular formula is C22H24N4O3. The van der Waals surface area contributed by atoms with E-state index in [0.29, 0.717) is 23.3 Å². The number of nitrogens with one attached hydrogen (secondary N) is 2. The number of amides is 2. The van der Waals surface area contributed by atoms with Crippen LogP contribution >= 0.6 is 0 Å². The number of unbranched alkanes of at least 4 members (excludes halogenated alkanes) is 2. The number of benzene rings is 1. The fourth-order valence-corrected chi connectivity index (χ4v) is 3.03. The molecule has 2 N–H and O–H groups in total. The molecule has 2 amide bonds. The van der Waals surface area contributed by atoms with Crippen molar-refractivity contribution in [2.45, 2.75) is 33.1 Å². The van der Waals surface area contributed by atoms with Gasteiger partial charge in [0, 0.05) is 24.0 Å². The van der Waals surface area contributed by atoms with Crippen LogP contribution in [0, 0.1) is 0 Å². The Morgan fingerprint density at radius 1 is 1.03 bits per heavy atom. The van der Waals surface area contributed by atoms with Gasteiger partial charge in [0.15, 0.2) is 11.5 Å². The second-order valence-corrected chi connectivity index (χ2v) is 6.79. The minimum Gasteiger partial charge on any atom is -0.349 e. The largest absolute Gasteiger partial charge is 0.349 e. The van der Waals surface area contributed by atoms with Crippen LogP contribution in [0.1, 0.15) is 64.6 Å². The minimum atomic E-state index is -0.445. The van der Waals surface area contributed by atoms with Crippen molar-refractivity contribution in [2.24, 2.45) is 0 Å². The van der Waals surface area contributed by atoms with Crippen LogP contribution in [0.5, 0.6) is 0 Å². The van der Waals surface area contributed by atoms with Crippen molar-refractivity contribution in [1.29, 1.82) is 0 Å². The summed E-state index contributed by atoms with van der Waals surface area (Å²) in [6, 6.07) is 12.0. The van der Waals surface area contributed by atoms with E-state index >= 15 is 0 Å². The molecule has 0 unspecified atom stereocenters. The van der Waals surface area contributed by atoms with E-state index in [1.54, 1.807) is 53.1 Å². The van der Waals surface area contributed by atoms with Crippen molar-refractivity contribution in [3.05, 3.63) is 65.7 Å². The summed E-state index contributed by atoms with van der Waals surface area (Å²) in [4.78, 5) is 41.3. The Labute approximate surface area is 169 Å². The third-order valence-corrected chi connectivity index (χ3v) is 4.56. The number of rotatable bonds is 8. The zero-order valence-corrected chi connectivity index (χ0v) is 16.6. The lowest BCUT2D eigenvalue weighted by Crippen LogP contribution is -2.26. The lowest BCUT2D eigenvalue weighted by Gasteiger charge is -2.05. The lowest BCUT2D eigenvalue weighted by atomic mass is 10.1. The van der Waals surface area contributed by atoms with Crippen molar-refractivity contribution in [3.8, 4) is 0 Å². The van der Waals surface area contributed by atoms with Crippen molar-refractivity contribution in [2.75, 3.05) is 11.9 Å². The standard InChI is InChI=1S/C22H24N4O3/c1-3-4-6-12-23-22(29)20-25-19(18-11-5-7-13-26(18)20)21(28)24-17-10-8-9-16(14-17)15(2)27/h5,7-11,13-14H,3-4,6,12H2,1-2H3,(H,23,29)(H,24,28). The number of nitrogens with zero attached hydrogens (tertiary/aromatic N) is 2. The fraction of sp³-hybridized carbons (Fsp3) is 0.273. The number of imidazole rings is 1. The van der Waals surface area contributed by atoms with Gasteiger partial charge in [-0.2, -0.15) is 0 Å². The molecule has 2 heterocycles. The third-order valence-electron chi connectivity index (χ3n) is 4.56. The second kappa shape index (κ2) is 9.14. The predicted octanol–water partition coefficient (Wildman–Crippen LogP) is 3.71. The molecule has 0 aliphatic rings. The molecule has 0 atom stereocenters. The lowest BCUT2D eigenvalue weighted by molar-refractivity contribution is 0.0941. The fourth-order valence-electron chi connectivity index (χ4n) is 3.03. The first kappa shape index (κ1) is 20.3. The highest BCUT2D eigenvalue weighted by molar-refractivity contribution is 6.09. The molecule has 3 aromatic rings. The average molecular weight is 392 g/mol. The first-order chi connectivity index (χ1) is 14.0. The molecule has 0 saturated heterocycles. The van der Waals surface area contributed by atoms with E-state index in [0.717, 1.165) is 19.3 Å². The number of ketones is 1. The highest BCUT2D eigenvalue weighted by atomic mass is 16.2. The van der Waals surface area contributed by atoms with E-state index in [-0.39, 0.29) is 23.2 Å². The number of hydrogen-bond acceptors (Lipinski definition) is 4. The number of Topliss-reactive ketones (excluding diaryl/α,β-unsaturated/α-hetero) is 1. The van der Waals surface area contributed by atoms with E-state index in [1.165, 1.54) is 6.92 Å². The molecule has 0 spiro atoms. The molecule has 0 saturated carbocycles. The number of fused-ring (bicyclic) bond motifs is 1. The van der Waals surface area contributed by atoms with Crippen LogP contribution in [0.25, 0.3) is 5.52 Å². The van der Waals surface area contributed by atoms with Crippen LogP contribution in [0.2, 0.25) is 0 Å². The van der Waals surface area contributed by atoms with E-state index < -0.39 is 5.91 Å². The molecule has 0 aliphatic carbocycles. The van der Waals surface area contributed by atoms with Gasteiger partial charge in [-0.25, -0.2) is 4.98 Å². The van der Waals surface area contributed by atoms with Crippen LogP contribution in [0.4, 0.5) is 5.69 Å². The van der Waals surface area contributed by atoms with Crippen molar-refractivity contribution in [3.63, 3.8) is 0 Å². The Kier molecular flexibility index (Phi) is 6.39. The Bertz CT molecular complexity index is 1060. The van der Waals surface area contributed by atoms with E-state index in [1.807, 2.05) is 0 Å². The number of carbonyl (C=O) groups excluding carboxylic acids is 3. The SMILES string of the molecule is CCCCCNC(=O)c1nc(C(=O)Nc2cccc(C(C)=O)c2)c2ccccn12. The van der Waals surface area contributed by atoms with Crippen molar-refractivity contribution >= 4 is 28.8 Å². The van der Waals surface area contributed by atoms with Gasteiger partial charge in [-0.1, -0.05) is 38.0 Å². The van der Waals surface area contributed by atoms with Crippen LogP contribution in [-0.2, 0) is 0 Å². The maximum atomic E-state index is 12.8. The monoisotopic (exact) mass is 392 g/mol. The molecular weight excluding hydrogens is 368 g/mol. The Balaban J connectivity index is 1.86. The summed E-state index contributed by atoms with van der Waals surface area (Å²) < 4.78 is 1.61. The summed E-state index contributed by atoms with van der Waals surface area (Å²) in [5, 5.41) is 5.62.